The van der Waals surface area contributed by atoms with Gasteiger partial charge in [0.15, 0.2) is 0 Å². The number of ether oxygens (including phenoxy) is 1. The molecule has 0 fully saturated rings. The Bertz CT molecular complexity index is 851. The molecule has 0 aromatic carbocycles. The van der Waals surface area contributed by atoms with Crippen LogP contribution >= 0.6 is 0 Å². The Morgan fingerprint density at radius 1 is 1.46 bits per heavy atom. The van der Waals surface area contributed by atoms with E-state index in [1.807, 2.05) is 50.6 Å². The molecular weight excluding hydrogens is 330 g/mol. The number of aryl methyl sites for hydroxylation is 1. The van der Waals surface area contributed by atoms with Crippen molar-refractivity contribution in [1.29, 1.82) is 0 Å². The molecule has 2 aliphatic rings. The number of rotatable bonds is 3. The molecule has 0 bridgehead atoms. The Kier molecular flexibility index (Phi) is 5.24. The van der Waals surface area contributed by atoms with Gasteiger partial charge in [-0.05, 0) is 31.7 Å². The van der Waals surface area contributed by atoms with Crippen LogP contribution in [-0.2, 0) is 16.6 Å². The van der Waals surface area contributed by atoms with Gasteiger partial charge in [0, 0.05) is 25.2 Å². The fourth-order valence-corrected chi connectivity index (χ4v) is 3.15. The predicted octanol–water partition coefficient (Wildman–Crippen LogP) is 0.816. The van der Waals surface area contributed by atoms with E-state index in [0.717, 1.165) is 16.9 Å². The third kappa shape index (κ3) is 3.86. The van der Waals surface area contributed by atoms with E-state index in [1.165, 1.54) is 0 Å². The number of carbonyl (C=O) groups excluding carboxylic acids is 1. The van der Waals surface area contributed by atoms with Crippen molar-refractivity contribution in [2.75, 3.05) is 27.7 Å². The van der Waals surface area contributed by atoms with Gasteiger partial charge < -0.3 is 10.1 Å². The number of amidine groups is 1. The van der Waals surface area contributed by atoms with Crippen molar-refractivity contribution in [2.24, 2.45) is 18.0 Å². The van der Waals surface area contributed by atoms with Crippen LogP contribution in [0, 0.1) is 17.8 Å². The van der Waals surface area contributed by atoms with Crippen LogP contribution in [0.1, 0.15) is 12.0 Å². The molecule has 7 heteroatoms. The minimum atomic E-state index is -0.334. The highest BCUT2D eigenvalue weighted by Gasteiger charge is 2.38. The number of hydrogen-bond donors (Lipinski definition) is 1. The first-order chi connectivity index (χ1) is 12.5. The standard InChI is InChI=1S/C19H23N5O2/c1-23(2)9-5-6-18(25)21-17-10-15-16(26-4)8-7-14(19(15)22-17)13-11-20-24(3)12-13/h7-8,11-12,15,19H,9-10H2,1-4H3,(H,21,22,25). The summed E-state index contributed by atoms with van der Waals surface area (Å²) in [6, 6.07) is -0.0933. The molecule has 0 spiro atoms. The minimum Gasteiger partial charge on any atom is -0.501 e. The molecule has 2 heterocycles. The van der Waals surface area contributed by atoms with Crippen LogP contribution in [0.15, 0.2) is 35.3 Å². The first-order valence-corrected chi connectivity index (χ1v) is 8.44. The van der Waals surface area contributed by atoms with E-state index >= 15 is 0 Å². The van der Waals surface area contributed by atoms with Crippen molar-refractivity contribution in [2.45, 2.75) is 12.5 Å². The number of nitrogens with one attached hydrogen (secondary N) is 1. The maximum Gasteiger partial charge on any atom is 0.301 e. The lowest BCUT2D eigenvalue weighted by Crippen LogP contribution is -2.29. The van der Waals surface area contributed by atoms with Gasteiger partial charge in [0.05, 0.1) is 31.8 Å². The van der Waals surface area contributed by atoms with Crippen molar-refractivity contribution in [3.63, 3.8) is 0 Å². The quantitative estimate of drug-likeness (QED) is 0.817. The van der Waals surface area contributed by atoms with E-state index in [1.54, 1.807) is 11.8 Å². The van der Waals surface area contributed by atoms with Crippen LogP contribution in [0.3, 0.4) is 0 Å². The lowest BCUT2D eigenvalue weighted by atomic mass is 9.85. The molecule has 1 aromatic rings. The van der Waals surface area contributed by atoms with E-state index in [9.17, 15) is 4.79 Å². The summed E-state index contributed by atoms with van der Waals surface area (Å²) in [5, 5.41) is 7.06. The molecule has 1 aliphatic carbocycles. The number of carbonyl (C=O) groups is 1. The van der Waals surface area contributed by atoms with Crippen LogP contribution in [0.25, 0.3) is 5.57 Å². The lowest BCUT2D eigenvalue weighted by molar-refractivity contribution is -0.114. The summed E-state index contributed by atoms with van der Waals surface area (Å²) in [5.41, 5.74) is 2.10. The topological polar surface area (TPSA) is 71.7 Å². The van der Waals surface area contributed by atoms with Gasteiger partial charge >= 0.3 is 5.91 Å². The van der Waals surface area contributed by atoms with E-state index < -0.39 is 0 Å². The fraction of sp³-hybridized carbons (Fsp3) is 0.421. The number of allylic oxidation sites excluding steroid dienone is 2. The minimum absolute atomic E-state index is 0.0743. The van der Waals surface area contributed by atoms with Crippen molar-refractivity contribution in [1.82, 2.24) is 20.0 Å². The molecule has 0 saturated carbocycles. The number of nitrogens with zero attached hydrogens (tertiary/aromatic N) is 4. The third-order valence-corrected chi connectivity index (χ3v) is 4.33. The Labute approximate surface area is 153 Å². The smallest absolute Gasteiger partial charge is 0.301 e. The summed E-state index contributed by atoms with van der Waals surface area (Å²) in [7, 11) is 7.36. The number of amides is 1. The van der Waals surface area contributed by atoms with E-state index in [0.29, 0.717) is 18.8 Å². The van der Waals surface area contributed by atoms with Crippen LogP contribution < -0.4 is 5.32 Å². The second kappa shape index (κ2) is 7.58. The summed E-state index contributed by atoms with van der Waals surface area (Å²) in [5.74, 6) is 6.68. The monoisotopic (exact) mass is 353 g/mol. The predicted molar refractivity (Wildman–Crippen MR) is 100 cm³/mol. The molecule has 2 atom stereocenters. The molecule has 2 unspecified atom stereocenters. The van der Waals surface area contributed by atoms with E-state index in [-0.39, 0.29) is 17.9 Å². The molecule has 0 saturated heterocycles. The van der Waals surface area contributed by atoms with Gasteiger partial charge in [-0.15, -0.1) is 0 Å². The zero-order valence-electron chi connectivity index (χ0n) is 15.5. The molecule has 1 aliphatic heterocycles. The zero-order valence-corrected chi connectivity index (χ0v) is 15.5. The fourth-order valence-electron chi connectivity index (χ4n) is 3.15. The maximum absolute atomic E-state index is 12.0. The van der Waals surface area contributed by atoms with E-state index in [4.69, 9.17) is 9.73 Å². The number of methoxy groups -OCH3 is 1. The Morgan fingerprint density at radius 2 is 2.27 bits per heavy atom. The SMILES string of the molecule is COC1=CC=C(c2cnn(C)c2)C2N=C(NC(=O)C#CCN(C)C)CC12. The molecule has 3 rings (SSSR count). The second-order valence-corrected chi connectivity index (χ2v) is 6.62. The normalized spacial score (nSPS) is 21.2. The first-order valence-electron chi connectivity index (χ1n) is 8.44. The van der Waals surface area contributed by atoms with Crippen LogP contribution in [-0.4, -0.2) is 60.2 Å². The summed E-state index contributed by atoms with van der Waals surface area (Å²) in [6.07, 6.45) is 8.40. The van der Waals surface area contributed by atoms with Crippen LogP contribution in [0.5, 0.6) is 0 Å². The van der Waals surface area contributed by atoms with Gasteiger partial charge in [-0.1, -0.05) is 12.0 Å². The highest BCUT2D eigenvalue weighted by atomic mass is 16.5. The number of aliphatic imine (C=N–C) groups is 1. The number of aromatic nitrogens is 2. The Balaban J connectivity index is 1.78. The second-order valence-electron chi connectivity index (χ2n) is 6.62. The Hall–Kier alpha value is -2.85. The highest BCUT2D eigenvalue weighted by Crippen LogP contribution is 2.39. The molecule has 7 nitrogen and oxygen atoms in total. The maximum atomic E-state index is 12.0. The number of fused-ring (bicyclic) bond motifs is 1. The van der Waals surface area contributed by atoms with Crippen molar-refractivity contribution in [3.05, 3.63) is 35.9 Å². The van der Waals surface area contributed by atoms with Gasteiger partial charge in [-0.3, -0.25) is 19.4 Å². The largest absolute Gasteiger partial charge is 0.501 e. The average molecular weight is 353 g/mol. The highest BCUT2D eigenvalue weighted by molar-refractivity contribution is 6.07. The lowest BCUT2D eigenvalue weighted by Gasteiger charge is -2.25. The van der Waals surface area contributed by atoms with Gasteiger partial charge in [-0.2, -0.15) is 5.10 Å². The van der Waals surface area contributed by atoms with Gasteiger partial charge in [0.25, 0.3) is 0 Å². The first kappa shape index (κ1) is 18.0. The molecule has 1 aromatic heterocycles. The zero-order chi connectivity index (χ0) is 18.7. The average Bonchev–Trinajstić information content (AvgIpc) is 3.19. The number of hydrogen-bond acceptors (Lipinski definition) is 5. The van der Waals surface area contributed by atoms with Crippen molar-refractivity contribution in [3.8, 4) is 11.8 Å². The van der Waals surface area contributed by atoms with E-state index in [2.05, 4.69) is 22.3 Å². The van der Waals surface area contributed by atoms with Gasteiger partial charge in [0.1, 0.15) is 11.6 Å². The van der Waals surface area contributed by atoms with Crippen LogP contribution in [0.4, 0.5) is 0 Å². The van der Waals surface area contributed by atoms with Crippen molar-refractivity contribution < 1.29 is 9.53 Å². The molecule has 1 amide bonds. The summed E-state index contributed by atoms with van der Waals surface area (Å²) in [6.45, 7) is 0.537. The third-order valence-electron chi connectivity index (χ3n) is 4.33. The molecular formula is C19H23N5O2. The van der Waals surface area contributed by atoms with Gasteiger partial charge in [-0.25, -0.2) is 0 Å². The van der Waals surface area contributed by atoms with Crippen LogP contribution in [0.2, 0.25) is 0 Å². The summed E-state index contributed by atoms with van der Waals surface area (Å²) in [4.78, 5) is 18.7. The molecule has 1 N–H and O–H groups in total. The molecule has 136 valence electrons. The summed E-state index contributed by atoms with van der Waals surface area (Å²) >= 11 is 0. The van der Waals surface area contributed by atoms with Crippen molar-refractivity contribution >= 4 is 17.3 Å². The Morgan fingerprint density at radius 3 is 2.92 bits per heavy atom. The molecule has 0 radical (unpaired) electrons. The van der Waals surface area contributed by atoms with Gasteiger partial charge in [0.2, 0.25) is 0 Å². The summed E-state index contributed by atoms with van der Waals surface area (Å²) < 4.78 is 7.28. The molecule has 26 heavy (non-hydrogen) atoms.